The van der Waals surface area contributed by atoms with Crippen LogP contribution < -0.4 is 5.32 Å². The molecule has 0 unspecified atom stereocenters. The van der Waals surface area contributed by atoms with Gasteiger partial charge >= 0.3 is 0 Å². The zero-order valence-corrected chi connectivity index (χ0v) is 10.4. The van der Waals surface area contributed by atoms with Crippen molar-refractivity contribution in [2.24, 2.45) is 0 Å². The van der Waals surface area contributed by atoms with Crippen LogP contribution in [0.15, 0.2) is 41.1 Å². The van der Waals surface area contributed by atoms with Crippen LogP contribution in [-0.2, 0) is 6.54 Å². The summed E-state index contributed by atoms with van der Waals surface area (Å²) in [5.41, 5.74) is 1.62. The number of aromatic nitrogens is 1. The molecule has 0 saturated heterocycles. The Morgan fingerprint density at radius 1 is 1.41 bits per heavy atom. The van der Waals surface area contributed by atoms with E-state index in [1.165, 1.54) is 6.07 Å². The average molecular weight is 296 g/mol. The molecule has 2 N–H and O–H groups in total. The summed E-state index contributed by atoms with van der Waals surface area (Å²) in [4.78, 5) is 13.4. The van der Waals surface area contributed by atoms with Gasteiger partial charge in [-0.3, -0.25) is 10.1 Å². The molecule has 0 fully saturated rings. The minimum atomic E-state index is -0.399. The van der Waals surface area contributed by atoms with Gasteiger partial charge in [-0.2, -0.15) is 0 Å². The fourth-order valence-electron chi connectivity index (χ4n) is 1.47. The molecule has 88 valence electrons. The number of aromatic amines is 1. The molecule has 2 rings (SSSR count). The molecule has 0 aliphatic carbocycles. The van der Waals surface area contributed by atoms with Gasteiger partial charge in [0.2, 0.25) is 0 Å². The number of rotatable bonds is 4. The van der Waals surface area contributed by atoms with Gasteiger partial charge in [0.15, 0.2) is 0 Å². The van der Waals surface area contributed by atoms with Crippen LogP contribution in [0.4, 0.5) is 11.4 Å². The Bertz CT molecular complexity index is 526. The van der Waals surface area contributed by atoms with Gasteiger partial charge in [-0.25, -0.2) is 0 Å². The maximum atomic E-state index is 10.9. The second-order valence-electron chi connectivity index (χ2n) is 3.49. The molecule has 0 radical (unpaired) electrons. The first-order valence-electron chi connectivity index (χ1n) is 4.96. The van der Waals surface area contributed by atoms with E-state index in [4.69, 9.17) is 0 Å². The summed E-state index contributed by atoms with van der Waals surface area (Å²) >= 11 is 3.22. The van der Waals surface area contributed by atoms with E-state index in [2.05, 4.69) is 26.2 Å². The van der Waals surface area contributed by atoms with Crippen molar-refractivity contribution < 1.29 is 4.92 Å². The van der Waals surface area contributed by atoms with Gasteiger partial charge in [-0.05, 0) is 23.8 Å². The van der Waals surface area contributed by atoms with Crippen molar-refractivity contribution in [3.63, 3.8) is 0 Å². The fourth-order valence-corrected chi connectivity index (χ4v) is 1.82. The SMILES string of the molecule is O=[N+]([O-])c1cc(Br)ccc1NCc1cc[nH]c1. The molecule has 17 heavy (non-hydrogen) atoms. The van der Waals surface area contributed by atoms with Crippen molar-refractivity contribution in [2.75, 3.05) is 5.32 Å². The number of nitro groups is 1. The maximum absolute atomic E-state index is 10.9. The fraction of sp³-hybridized carbons (Fsp3) is 0.0909. The smallest absolute Gasteiger partial charge is 0.293 e. The van der Waals surface area contributed by atoms with E-state index in [0.29, 0.717) is 16.7 Å². The van der Waals surface area contributed by atoms with Crippen molar-refractivity contribution in [1.29, 1.82) is 0 Å². The minimum absolute atomic E-state index is 0.0647. The Balaban J connectivity index is 2.17. The van der Waals surface area contributed by atoms with Crippen LogP contribution in [0.25, 0.3) is 0 Å². The molecule has 5 nitrogen and oxygen atoms in total. The van der Waals surface area contributed by atoms with Crippen LogP contribution in [-0.4, -0.2) is 9.91 Å². The summed E-state index contributed by atoms with van der Waals surface area (Å²) in [6, 6.07) is 6.86. The van der Waals surface area contributed by atoms with Crippen molar-refractivity contribution in [3.8, 4) is 0 Å². The number of halogens is 1. The molecule has 1 aromatic carbocycles. The first kappa shape index (κ1) is 11.7. The summed E-state index contributed by atoms with van der Waals surface area (Å²) in [5, 5.41) is 13.9. The number of nitrogens with one attached hydrogen (secondary N) is 2. The number of benzene rings is 1. The highest BCUT2D eigenvalue weighted by atomic mass is 79.9. The van der Waals surface area contributed by atoms with Gasteiger partial charge in [0.25, 0.3) is 5.69 Å². The Hall–Kier alpha value is -1.82. The van der Waals surface area contributed by atoms with Gasteiger partial charge in [0.05, 0.1) is 4.92 Å². The zero-order chi connectivity index (χ0) is 12.3. The summed E-state index contributed by atoms with van der Waals surface area (Å²) in [6.45, 7) is 0.548. The van der Waals surface area contributed by atoms with E-state index in [0.717, 1.165) is 5.56 Å². The van der Waals surface area contributed by atoms with Crippen LogP contribution >= 0.6 is 15.9 Å². The first-order chi connectivity index (χ1) is 8.16. The third-order valence-electron chi connectivity index (χ3n) is 2.30. The van der Waals surface area contributed by atoms with E-state index in [1.807, 2.05) is 18.5 Å². The van der Waals surface area contributed by atoms with E-state index in [1.54, 1.807) is 12.1 Å². The topological polar surface area (TPSA) is 71.0 Å². The molecule has 2 aromatic rings. The molecular weight excluding hydrogens is 286 g/mol. The van der Waals surface area contributed by atoms with Crippen LogP contribution in [0, 0.1) is 10.1 Å². The van der Waals surface area contributed by atoms with Crippen LogP contribution in [0.5, 0.6) is 0 Å². The van der Waals surface area contributed by atoms with Crippen LogP contribution in [0.1, 0.15) is 5.56 Å². The highest BCUT2D eigenvalue weighted by Gasteiger charge is 2.13. The van der Waals surface area contributed by atoms with Crippen LogP contribution in [0.3, 0.4) is 0 Å². The Labute approximate surface area is 106 Å². The summed E-state index contributed by atoms with van der Waals surface area (Å²) in [7, 11) is 0. The van der Waals surface area contributed by atoms with Crippen molar-refractivity contribution >= 4 is 27.3 Å². The number of nitro benzene ring substituents is 1. The number of hydrogen-bond acceptors (Lipinski definition) is 3. The monoisotopic (exact) mass is 295 g/mol. The maximum Gasteiger partial charge on any atom is 0.293 e. The second kappa shape index (κ2) is 5.01. The first-order valence-corrected chi connectivity index (χ1v) is 5.75. The van der Waals surface area contributed by atoms with Crippen molar-refractivity contribution in [2.45, 2.75) is 6.54 Å². The van der Waals surface area contributed by atoms with E-state index in [9.17, 15) is 10.1 Å². The highest BCUT2D eigenvalue weighted by Crippen LogP contribution is 2.28. The number of nitrogens with zero attached hydrogens (tertiary/aromatic N) is 1. The molecular formula is C11H10BrN3O2. The lowest BCUT2D eigenvalue weighted by atomic mass is 10.2. The summed E-state index contributed by atoms with van der Waals surface area (Å²) in [5.74, 6) is 0. The lowest BCUT2D eigenvalue weighted by molar-refractivity contribution is -0.384. The van der Waals surface area contributed by atoms with E-state index >= 15 is 0 Å². The third kappa shape index (κ3) is 2.85. The van der Waals surface area contributed by atoms with Gasteiger partial charge in [0, 0.05) is 29.5 Å². The molecule has 0 aliphatic rings. The molecule has 0 bridgehead atoms. The quantitative estimate of drug-likeness (QED) is 0.671. The zero-order valence-electron chi connectivity index (χ0n) is 8.81. The standard InChI is InChI=1S/C11H10BrN3O2/c12-9-1-2-10(11(5-9)15(16)17)14-7-8-3-4-13-6-8/h1-6,13-14H,7H2. The molecule has 0 atom stereocenters. The Morgan fingerprint density at radius 3 is 2.88 bits per heavy atom. The summed E-state index contributed by atoms with van der Waals surface area (Å²) in [6.07, 6.45) is 3.66. The van der Waals surface area contributed by atoms with Gasteiger partial charge in [-0.15, -0.1) is 0 Å². The molecule has 6 heteroatoms. The predicted octanol–water partition coefficient (Wildman–Crippen LogP) is 3.30. The van der Waals surface area contributed by atoms with Crippen molar-refractivity contribution in [3.05, 3.63) is 56.8 Å². The van der Waals surface area contributed by atoms with Gasteiger partial charge in [-0.1, -0.05) is 15.9 Å². The Morgan fingerprint density at radius 2 is 2.24 bits per heavy atom. The van der Waals surface area contributed by atoms with Crippen LogP contribution in [0.2, 0.25) is 0 Å². The summed E-state index contributed by atoms with van der Waals surface area (Å²) < 4.78 is 0.691. The molecule has 1 aromatic heterocycles. The second-order valence-corrected chi connectivity index (χ2v) is 4.41. The largest absolute Gasteiger partial charge is 0.375 e. The molecule has 0 amide bonds. The molecule has 0 spiro atoms. The molecule has 0 saturated carbocycles. The lowest BCUT2D eigenvalue weighted by Gasteiger charge is -2.06. The van der Waals surface area contributed by atoms with Gasteiger partial charge in [0.1, 0.15) is 5.69 Å². The number of anilines is 1. The average Bonchev–Trinajstić information content (AvgIpc) is 2.80. The lowest BCUT2D eigenvalue weighted by Crippen LogP contribution is -2.01. The normalized spacial score (nSPS) is 10.2. The minimum Gasteiger partial charge on any atom is -0.375 e. The molecule has 1 heterocycles. The van der Waals surface area contributed by atoms with E-state index < -0.39 is 4.92 Å². The van der Waals surface area contributed by atoms with Crippen molar-refractivity contribution in [1.82, 2.24) is 4.98 Å². The number of H-pyrrole nitrogens is 1. The van der Waals surface area contributed by atoms with E-state index in [-0.39, 0.29) is 5.69 Å². The molecule has 0 aliphatic heterocycles. The number of hydrogen-bond donors (Lipinski definition) is 2. The predicted molar refractivity (Wildman–Crippen MR) is 68.9 cm³/mol. The Kier molecular flexibility index (Phi) is 3.43. The third-order valence-corrected chi connectivity index (χ3v) is 2.80. The highest BCUT2D eigenvalue weighted by molar-refractivity contribution is 9.10. The van der Waals surface area contributed by atoms with Gasteiger partial charge < -0.3 is 10.3 Å².